The van der Waals surface area contributed by atoms with E-state index in [2.05, 4.69) is 20.6 Å². The molecule has 0 unspecified atom stereocenters. The van der Waals surface area contributed by atoms with Crippen LogP contribution in [0.25, 0.3) is 0 Å². The van der Waals surface area contributed by atoms with Gasteiger partial charge in [-0.05, 0) is 30.2 Å². The van der Waals surface area contributed by atoms with Crippen LogP contribution in [0, 0.1) is 0 Å². The summed E-state index contributed by atoms with van der Waals surface area (Å²) < 4.78 is 0. The third kappa shape index (κ3) is 3.70. The van der Waals surface area contributed by atoms with Crippen molar-refractivity contribution in [2.24, 2.45) is 0 Å². The van der Waals surface area contributed by atoms with E-state index in [9.17, 15) is 4.79 Å². The first-order valence-corrected chi connectivity index (χ1v) is 7.00. The predicted molar refractivity (Wildman–Crippen MR) is 85.1 cm³/mol. The lowest BCUT2D eigenvalue weighted by molar-refractivity contribution is 0.102. The fourth-order valence-electron chi connectivity index (χ4n) is 1.76. The van der Waals surface area contributed by atoms with Crippen LogP contribution in [0.1, 0.15) is 35.8 Å². The van der Waals surface area contributed by atoms with Gasteiger partial charge < -0.3 is 10.6 Å². The van der Waals surface area contributed by atoms with E-state index in [0.29, 0.717) is 22.2 Å². The summed E-state index contributed by atoms with van der Waals surface area (Å²) in [5.74, 6) is 0.955. The maximum absolute atomic E-state index is 12.3. The van der Waals surface area contributed by atoms with Gasteiger partial charge in [-0.3, -0.25) is 4.79 Å². The van der Waals surface area contributed by atoms with Crippen molar-refractivity contribution in [1.82, 2.24) is 9.97 Å². The molecule has 0 fully saturated rings. The second-order valence-corrected chi connectivity index (χ2v) is 5.27. The summed E-state index contributed by atoms with van der Waals surface area (Å²) in [6.07, 6.45) is 1.58. The van der Waals surface area contributed by atoms with Crippen molar-refractivity contribution in [2.75, 3.05) is 17.7 Å². The Labute approximate surface area is 128 Å². The lowest BCUT2D eigenvalue weighted by Gasteiger charge is -2.11. The van der Waals surface area contributed by atoms with Gasteiger partial charge in [-0.2, -0.15) is 0 Å². The summed E-state index contributed by atoms with van der Waals surface area (Å²) >= 11 is 5.99. The summed E-state index contributed by atoms with van der Waals surface area (Å²) in [7, 11) is 1.77. The van der Waals surface area contributed by atoms with Crippen LogP contribution >= 0.6 is 11.6 Å². The van der Waals surface area contributed by atoms with Crippen LogP contribution in [0.4, 0.5) is 11.6 Å². The number of pyridine rings is 2. The molecule has 0 atom stereocenters. The molecule has 0 saturated heterocycles. The SMILES string of the molecule is CNc1cc(C(=O)Nc2ncccc2Cl)cc(C(C)C)n1. The summed E-state index contributed by atoms with van der Waals surface area (Å²) in [6.45, 7) is 4.05. The highest BCUT2D eigenvalue weighted by molar-refractivity contribution is 6.33. The van der Waals surface area contributed by atoms with E-state index in [1.54, 1.807) is 37.5 Å². The van der Waals surface area contributed by atoms with Gasteiger partial charge in [0.1, 0.15) is 5.82 Å². The van der Waals surface area contributed by atoms with E-state index in [-0.39, 0.29) is 11.8 Å². The van der Waals surface area contributed by atoms with Crippen molar-refractivity contribution in [1.29, 1.82) is 0 Å². The first kappa shape index (κ1) is 15.3. The standard InChI is InChI=1S/C15H17ClN4O/c1-9(2)12-7-10(8-13(17-3)19-12)15(21)20-14-11(16)5-4-6-18-14/h4-9H,1-3H3,(H,17,19)(H,18,20,21). The van der Waals surface area contributed by atoms with Crippen molar-refractivity contribution in [3.63, 3.8) is 0 Å². The molecule has 1 amide bonds. The number of hydrogen-bond acceptors (Lipinski definition) is 4. The van der Waals surface area contributed by atoms with Crippen LogP contribution < -0.4 is 10.6 Å². The summed E-state index contributed by atoms with van der Waals surface area (Å²) in [4.78, 5) is 20.8. The smallest absolute Gasteiger partial charge is 0.257 e. The molecule has 0 radical (unpaired) electrons. The van der Waals surface area contributed by atoms with E-state index >= 15 is 0 Å². The summed E-state index contributed by atoms with van der Waals surface area (Å²) in [6, 6.07) is 6.85. The highest BCUT2D eigenvalue weighted by Gasteiger charge is 2.13. The van der Waals surface area contributed by atoms with Gasteiger partial charge in [-0.25, -0.2) is 9.97 Å². The monoisotopic (exact) mass is 304 g/mol. The molecule has 2 heterocycles. The number of carbonyl (C=O) groups excluding carboxylic acids is 1. The number of nitrogens with one attached hydrogen (secondary N) is 2. The molecule has 6 heteroatoms. The molecule has 2 aromatic heterocycles. The molecule has 5 nitrogen and oxygen atoms in total. The van der Waals surface area contributed by atoms with Gasteiger partial charge in [-0.15, -0.1) is 0 Å². The molecule has 0 bridgehead atoms. The Kier molecular flexibility index (Phi) is 4.75. The fraction of sp³-hybridized carbons (Fsp3) is 0.267. The highest BCUT2D eigenvalue weighted by atomic mass is 35.5. The fourth-order valence-corrected chi connectivity index (χ4v) is 1.93. The van der Waals surface area contributed by atoms with E-state index in [1.165, 1.54) is 0 Å². The van der Waals surface area contributed by atoms with Crippen LogP contribution in [0.3, 0.4) is 0 Å². The van der Waals surface area contributed by atoms with Crippen LogP contribution in [-0.2, 0) is 0 Å². The van der Waals surface area contributed by atoms with Crippen molar-refractivity contribution >= 4 is 29.1 Å². The van der Waals surface area contributed by atoms with Gasteiger partial charge in [0.15, 0.2) is 5.82 Å². The third-order valence-electron chi connectivity index (χ3n) is 2.95. The second-order valence-electron chi connectivity index (χ2n) is 4.86. The Bertz CT molecular complexity index is 658. The number of rotatable bonds is 4. The van der Waals surface area contributed by atoms with Crippen LogP contribution in [0.5, 0.6) is 0 Å². The Hall–Kier alpha value is -2.14. The van der Waals surface area contributed by atoms with E-state index in [4.69, 9.17) is 11.6 Å². The maximum Gasteiger partial charge on any atom is 0.257 e. The lowest BCUT2D eigenvalue weighted by Crippen LogP contribution is -2.15. The minimum Gasteiger partial charge on any atom is -0.373 e. The van der Waals surface area contributed by atoms with Gasteiger partial charge >= 0.3 is 0 Å². The number of nitrogens with zero attached hydrogens (tertiary/aromatic N) is 2. The van der Waals surface area contributed by atoms with E-state index in [0.717, 1.165) is 5.69 Å². The first-order valence-electron chi connectivity index (χ1n) is 6.63. The normalized spacial score (nSPS) is 10.5. The van der Waals surface area contributed by atoms with Crippen molar-refractivity contribution in [3.05, 3.63) is 46.7 Å². The molecule has 2 rings (SSSR count). The van der Waals surface area contributed by atoms with Gasteiger partial charge in [0, 0.05) is 24.5 Å². The molecule has 21 heavy (non-hydrogen) atoms. The average Bonchev–Trinajstić information content (AvgIpc) is 2.49. The molecule has 110 valence electrons. The number of hydrogen-bond donors (Lipinski definition) is 2. The maximum atomic E-state index is 12.3. The molecule has 2 aromatic rings. The molecule has 2 N–H and O–H groups in total. The topological polar surface area (TPSA) is 66.9 Å². The van der Waals surface area contributed by atoms with Crippen molar-refractivity contribution in [3.8, 4) is 0 Å². The molecule has 0 saturated carbocycles. The van der Waals surface area contributed by atoms with Crippen molar-refractivity contribution < 1.29 is 4.79 Å². The van der Waals surface area contributed by atoms with E-state index in [1.807, 2.05) is 13.8 Å². The quantitative estimate of drug-likeness (QED) is 0.906. The van der Waals surface area contributed by atoms with Crippen LogP contribution in [-0.4, -0.2) is 22.9 Å². The largest absolute Gasteiger partial charge is 0.373 e. The molecule has 0 aliphatic rings. The highest BCUT2D eigenvalue weighted by Crippen LogP contribution is 2.21. The van der Waals surface area contributed by atoms with E-state index < -0.39 is 0 Å². The Morgan fingerprint density at radius 1 is 1.33 bits per heavy atom. The molecule has 0 aliphatic carbocycles. The first-order chi connectivity index (χ1) is 10.0. The Balaban J connectivity index is 2.30. The van der Waals surface area contributed by atoms with Gasteiger partial charge in [0.05, 0.1) is 5.02 Å². The van der Waals surface area contributed by atoms with Gasteiger partial charge in [0.2, 0.25) is 0 Å². The lowest BCUT2D eigenvalue weighted by atomic mass is 10.1. The summed E-state index contributed by atoms with van der Waals surface area (Å²) in [5.41, 5.74) is 1.36. The summed E-state index contributed by atoms with van der Waals surface area (Å²) in [5, 5.41) is 6.07. The predicted octanol–water partition coefficient (Wildman–Crippen LogP) is 3.55. The van der Waals surface area contributed by atoms with Crippen LogP contribution in [0.15, 0.2) is 30.5 Å². The molecular formula is C15H17ClN4O. The minimum absolute atomic E-state index is 0.225. The van der Waals surface area contributed by atoms with Gasteiger partial charge in [-0.1, -0.05) is 25.4 Å². The third-order valence-corrected chi connectivity index (χ3v) is 3.25. The van der Waals surface area contributed by atoms with Crippen LogP contribution in [0.2, 0.25) is 5.02 Å². The Morgan fingerprint density at radius 3 is 2.71 bits per heavy atom. The zero-order valence-electron chi connectivity index (χ0n) is 12.1. The Morgan fingerprint density at radius 2 is 2.10 bits per heavy atom. The minimum atomic E-state index is -0.267. The number of aromatic nitrogens is 2. The zero-order valence-corrected chi connectivity index (χ0v) is 12.9. The van der Waals surface area contributed by atoms with Crippen molar-refractivity contribution in [2.45, 2.75) is 19.8 Å². The number of carbonyl (C=O) groups is 1. The number of halogens is 1. The molecular weight excluding hydrogens is 288 g/mol. The van der Waals surface area contributed by atoms with Gasteiger partial charge in [0.25, 0.3) is 5.91 Å². The number of anilines is 2. The average molecular weight is 305 g/mol. The molecule has 0 aliphatic heterocycles. The zero-order chi connectivity index (χ0) is 15.4. The molecule has 0 aromatic carbocycles. The molecule has 0 spiro atoms. The number of amides is 1. The second kappa shape index (κ2) is 6.54.